The fraction of sp³-hybridized carbons (Fsp3) is 0.615. The van der Waals surface area contributed by atoms with Crippen LogP contribution in [0.2, 0.25) is 0 Å². The molecule has 0 aliphatic heterocycles. The summed E-state index contributed by atoms with van der Waals surface area (Å²) in [5, 5.41) is 6.07. The number of rotatable bonds is 7. The summed E-state index contributed by atoms with van der Waals surface area (Å²) in [7, 11) is 3.38. The van der Waals surface area contributed by atoms with Crippen LogP contribution in [0.1, 0.15) is 19.8 Å². The summed E-state index contributed by atoms with van der Waals surface area (Å²) in [5.74, 6) is 1.79. The Morgan fingerprint density at radius 2 is 2.25 bits per heavy atom. The molecule has 0 saturated heterocycles. The molecular weight excluding hydrogens is 258 g/mol. The first kappa shape index (κ1) is 14.4. The van der Waals surface area contributed by atoms with Gasteiger partial charge < -0.3 is 20.3 Å². The van der Waals surface area contributed by atoms with Gasteiger partial charge in [0.05, 0.1) is 13.7 Å². The van der Waals surface area contributed by atoms with Crippen molar-refractivity contribution in [3.63, 3.8) is 0 Å². The molecule has 1 saturated carbocycles. The van der Waals surface area contributed by atoms with E-state index in [4.69, 9.17) is 4.74 Å². The molecule has 1 aromatic rings. The smallest absolute Gasteiger partial charge is 0.239 e. The third-order valence-corrected chi connectivity index (χ3v) is 3.02. The molecule has 1 aliphatic rings. The molecule has 0 spiro atoms. The number of nitrogens with zero attached hydrogens (tertiary/aromatic N) is 3. The van der Waals surface area contributed by atoms with Crippen molar-refractivity contribution >= 4 is 17.5 Å². The molecule has 7 nitrogen and oxygen atoms in total. The van der Waals surface area contributed by atoms with Crippen molar-refractivity contribution in [2.75, 3.05) is 37.5 Å². The molecule has 0 radical (unpaired) electrons. The first-order valence-corrected chi connectivity index (χ1v) is 6.79. The lowest BCUT2D eigenvalue weighted by Gasteiger charge is -2.21. The zero-order chi connectivity index (χ0) is 14.5. The van der Waals surface area contributed by atoms with Gasteiger partial charge in [0.25, 0.3) is 0 Å². The Balaban J connectivity index is 2.08. The molecule has 1 aromatic heterocycles. The van der Waals surface area contributed by atoms with Crippen molar-refractivity contribution in [3.05, 3.63) is 6.33 Å². The van der Waals surface area contributed by atoms with E-state index >= 15 is 0 Å². The lowest BCUT2D eigenvalue weighted by molar-refractivity contribution is -0.119. The number of nitrogens with one attached hydrogen (secondary N) is 2. The van der Waals surface area contributed by atoms with Gasteiger partial charge in [0.15, 0.2) is 11.6 Å². The zero-order valence-electron chi connectivity index (χ0n) is 12.1. The number of ether oxygens (including phenoxy) is 1. The van der Waals surface area contributed by atoms with Crippen LogP contribution in [-0.2, 0) is 4.79 Å². The molecule has 20 heavy (non-hydrogen) atoms. The van der Waals surface area contributed by atoms with Crippen LogP contribution in [0.15, 0.2) is 6.33 Å². The van der Waals surface area contributed by atoms with Gasteiger partial charge in [-0.15, -0.1) is 0 Å². The maximum absolute atomic E-state index is 11.8. The van der Waals surface area contributed by atoms with Gasteiger partial charge in [-0.2, -0.15) is 0 Å². The number of hydrogen-bond donors (Lipinski definition) is 2. The minimum absolute atomic E-state index is 0.000617. The van der Waals surface area contributed by atoms with Crippen molar-refractivity contribution in [2.24, 2.45) is 0 Å². The second kappa shape index (κ2) is 6.40. The summed E-state index contributed by atoms with van der Waals surface area (Å²) in [5.41, 5.74) is 0. The van der Waals surface area contributed by atoms with E-state index in [0.717, 1.165) is 19.4 Å². The van der Waals surface area contributed by atoms with Crippen LogP contribution in [0.3, 0.4) is 0 Å². The zero-order valence-corrected chi connectivity index (χ0v) is 12.1. The quantitative estimate of drug-likeness (QED) is 0.762. The van der Waals surface area contributed by atoms with Gasteiger partial charge >= 0.3 is 0 Å². The van der Waals surface area contributed by atoms with Crippen molar-refractivity contribution in [1.29, 1.82) is 0 Å². The fourth-order valence-corrected chi connectivity index (χ4v) is 1.91. The highest BCUT2D eigenvalue weighted by Crippen LogP contribution is 2.31. The van der Waals surface area contributed by atoms with E-state index in [0.29, 0.717) is 23.4 Å². The number of methoxy groups -OCH3 is 1. The third kappa shape index (κ3) is 3.49. The first-order valence-electron chi connectivity index (χ1n) is 6.79. The third-order valence-electron chi connectivity index (χ3n) is 3.02. The van der Waals surface area contributed by atoms with Gasteiger partial charge in [0, 0.05) is 19.6 Å². The summed E-state index contributed by atoms with van der Waals surface area (Å²) in [6, 6.07) is 0.362. The topological polar surface area (TPSA) is 79.4 Å². The Hall–Kier alpha value is -2.05. The van der Waals surface area contributed by atoms with Crippen molar-refractivity contribution in [1.82, 2.24) is 15.3 Å². The van der Waals surface area contributed by atoms with E-state index in [-0.39, 0.29) is 12.5 Å². The first-order chi connectivity index (χ1) is 9.65. The van der Waals surface area contributed by atoms with Crippen LogP contribution >= 0.6 is 0 Å². The van der Waals surface area contributed by atoms with Gasteiger partial charge in [-0.1, -0.05) is 0 Å². The van der Waals surface area contributed by atoms with Crippen LogP contribution in [0, 0.1) is 0 Å². The summed E-state index contributed by atoms with van der Waals surface area (Å²) >= 11 is 0. The van der Waals surface area contributed by atoms with Crippen LogP contribution in [0.5, 0.6) is 5.75 Å². The number of aromatic nitrogens is 2. The van der Waals surface area contributed by atoms with E-state index in [1.165, 1.54) is 6.33 Å². The van der Waals surface area contributed by atoms with Crippen LogP contribution < -0.4 is 20.3 Å². The summed E-state index contributed by atoms with van der Waals surface area (Å²) in [6.45, 7) is 2.96. The Morgan fingerprint density at radius 3 is 2.85 bits per heavy atom. The largest absolute Gasteiger partial charge is 0.490 e. The van der Waals surface area contributed by atoms with Crippen molar-refractivity contribution in [2.45, 2.75) is 25.8 Å². The van der Waals surface area contributed by atoms with Crippen LogP contribution in [-0.4, -0.2) is 49.2 Å². The van der Waals surface area contributed by atoms with E-state index in [1.54, 1.807) is 12.0 Å². The van der Waals surface area contributed by atoms with Crippen molar-refractivity contribution in [3.8, 4) is 5.75 Å². The molecule has 1 fully saturated rings. The highest BCUT2D eigenvalue weighted by Gasteiger charge is 2.24. The van der Waals surface area contributed by atoms with E-state index in [2.05, 4.69) is 20.6 Å². The van der Waals surface area contributed by atoms with Crippen molar-refractivity contribution < 1.29 is 9.53 Å². The minimum Gasteiger partial charge on any atom is -0.490 e. The number of carbonyl (C=O) groups excluding carboxylic acids is 1. The predicted octanol–water partition coefficient (Wildman–Crippen LogP) is 0.632. The minimum atomic E-state index is 0.000617. The van der Waals surface area contributed by atoms with Gasteiger partial charge in [-0.25, -0.2) is 9.97 Å². The maximum Gasteiger partial charge on any atom is 0.239 e. The second-order valence-electron chi connectivity index (χ2n) is 4.81. The number of anilines is 2. The normalized spacial score (nSPS) is 13.8. The number of amides is 1. The van der Waals surface area contributed by atoms with Gasteiger partial charge in [-0.3, -0.25) is 4.79 Å². The lowest BCUT2D eigenvalue weighted by atomic mass is 10.4. The average molecular weight is 279 g/mol. The molecule has 0 atom stereocenters. The molecule has 1 amide bonds. The molecular formula is C13H21N5O2. The molecule has 0 aromatic carbocycles. The molecule has 0 unspecified atom stereocenters. The monoisotopic (exact) mass is 279 g/mol. The molecule has 110 valence electrons. The van der Waals surface area contributed by atoms with E-state index < -0.39 is 0 Å². The molecule has 2 N–H and O–H groups in total. The Bertz CT molecular complexity index is 476. The number of carbonyl (C=O) groups is 1. The molecule has 1 heterocycles. The highest BCUT2D eigenvalue weighted by molar-refractivity contribution is 5.82. The van der Waals surface area contributed by atoms with Crippen LogP contribution in [0.4, 0.5) is 11.6 Å². The summed E-state index contributed by atoms with van der Waals surface area (Å²) in [4.78, 5) is 22.0. The molecule has 1 aliphatic carbocycles. The summed E-state index contributed by atoms with van der Waals surface area (Å²) < 4.78 is 5.36. The SMILES string of the molecule is CCNc1ncnc(N(C)CC(=O)NC2CC2)c1OC. The average Bonchev–Trinajstić information content (AvgIpc) is 3.22. The lowest BCUT2D eigenvalue weighted by Crippen LogP contribution is -2.36. The second-order valence-corrected chi connectivity index (χ2v) is 4.81. The summed E-state index contributed by atoms with van der Waals surface area (Å²) in [6.07, 6.45) is 3.62. The maximum atomic E-state index is 11.8. The van der Waals surface area contributed by atoms with E-state index in [1.807, 2.05) is 14.0 Å². The molecule has 2 rings (SSSR count). The fourth-order valence-electron chi connectivity index (χ4n) is 1.91. The van der Waals surface area contributed by atoms with E-state index in [9.17, 15) is 4.79 Å². The Morgan fingerprint density at radius 1 is 1.50 bits per heavy atom. The standard InChI is InChI=1S/C13H21N5O2/c1-4-14-12-11(20-3)13(16-8-15-12)18(2)7-10(19)17-9-5-6-9/h8-9H,4-7H2,1-3H3,(H,17,19)(H,14,15,16). The van der Waals surface area contributed by atoms with Gasteiger partial charge in [-0.05, 0) is 19.8 Å². The number of hydrogen-bond acceptors (Lipinski definition) is 6. The predicted molar refractivity (Wildman–Crippen MR) is 77.2 cm³/mol. The van der Waals surface area contributed by atoms with Crippen LogP contribution in [0.25, 0.3) is 0 Å². The Kier molecular flexibility index (Phi) is 4.60. The van der Waals surface area contributed by atoms with Gasteiger partial charge in [0.2, 0.25) is 11.7 Å². The Labute approximate surface area is 118 Å². The molecule has 7 heteroatoms. The van der Waals surface area contributed by atoms with Gasteiger partial charge in [0.1, 0.15) is 6.33 Å². The number of likely N-dealkylation sites (N-methyl/N-ethyl adjacent to an activating group) is 1. The molecule has 0 bridgehead atoms. The highest BCUT2D eigenvalue weighted by atomic mass is 16.5.